The molecule has 5 aromatic carbocycles. The number of amides is 1. The van der Waals surface area contributed by atoms with Crippen LogP contribution in [-0.4, -0.2) is 62.1 Å². The number of sulfonamides is 1. The summed E-state index contributed by atoms with van der Waals surface area (Å²) in [6.07, 6.45) is 1.87. The van der Waals surface area contributed by atoms with E-state index in [1.165, 1.54) is 47.9 Å². The summed E-state index contributed by atoms with van der Waals surface area (Å²) >= 11 is 7.50. The van der Waals surface area contributed by atoms with Crippen LogP contribution >= 0.6 is 23.1 Å². The third-order valence-electron chi connectivity index (χ3n) is 10.3. The number of unbranched alkanes of at least 4 members (excludes halogenated alkanes) is 1. The molecule has 0 unspecified atom stereocenters. The van der Waals surface area contributed by atoms with E-state index in [-0.39, 0.29) is 34.2 Å². The summed E-state index contributed by atoms with van der Waals surface area (Å²) in [5, 5.41) is 6.74. The molecule has 0 aliphatic carbocycles. The van der Waals surface area contributed by atoms with Crippen molar-refractivity contribution in [3.63, 3.8) is 0 Å². The van der Waals surface area contributed by atoms with Crippen molar-refractivity contribution in [2.45, 2.75) is 46.1 Å². The van der Waals surface area contributed by atoms with Gasteiger partial charge in [-0.05, 0) is 95.9 Å². The Balaban J connectivity index is 0.000000206. The number of carbonyl (C=O) groups is 1. The molecule has 12 nitrogen and oxygen atoms in total. The number of morpholine rings is 1. The van der Waals surface area contributed by atoms with Crippen molar-refractivity contribution >= 4 is 66.7 Å². The van der Waals surface area contributed by atoms with E-state index in [1.54, 1.807) is 64.6 Å². The highest BCUT2D eigenvalue weighted by Gasteiger charge is 2.44. The van der Waals surface area contributed by atoms with Crippen LogP contribution in [0, 0.1) is 0 Å². The zero-order valence-corrected chi connectivity index (χ0v) is 37.7. The Morgan fingerprint density at radius 1 is 0.758 bits per heavy atom. The maximum atomic E-state index is 13.6. The second-order valence-corrected chi connectivity index (χ2v) is 18.0. The summed E-state index contributed by atoms with van der Waals surface area (Å²) in [6, 6.07) is 34.6. The largest absolute Gasteiger partial charge is 0.435 e. The van der Waals surface area contributed by atoms with Crippen LogP contribution in [0.15, 0.2) is 138 Å². The van der Waals surface area contributed by atoms with Crippen LogP contribution in [0.4, 0.5) is 40.3 Å². The Morgan fingerprint density at radius 3 is 1.95 bits per heavy atom. The molecule has 19 heteroatoms. The van der Waals surface area contributed by atoms with Crippen molar-refractivity contribution in [2.75, 3.05) is 41.8 Å². The van der Waals surface area contributed by atoms with Crippen LogP contribution in [0.25, 0.3) is 15.3 Å². The number of benzene rings is 5. The second-order valence-electron chi connectivity index (χ2n) is 14.8. The number of alkyl halides is 4. The molecule has 0 bridgehead atoms. The van der Waals surface area contributed by atoms with Gasteiger partial charge < -0.3 is 29.7 Å². The number of aromatic nitrogens is 1. The fraction of sp³-hybridized carbons (Fsp3) is 0.234. The van der Waals surface area contributed by atoms with Crippen molar-refractivity contribution in [2.24, 2.45) is 0 Å². The van der Waals surface area contributed by atoms with E-state index >= 15 is 0 Å². The van der Waals surface area contributed by atoms with Gasteiger partial charge in [0.05, 0.1) is 24.6 Å². The number of anilines is 4. The summed E-state index contributed by atoms with van der Waals surface area (Å²) in [5.41, 5.74) is 4.06. The standard InChI is InChI=1S/C27H25F2N3O5S.C20H19ClF2N2O2S/c28-27(29)37-23-12-6-19(7-13-23)18-32-26(33)24(25(38(32,34)35)20-4-2-1-3-5-20)30-21-8-10-22(11-9-21)31-14-16-36-17-15-31;1-2-3-11-25-19(26)17(18(28-25)13-5-4-6-14(21)12-13)24-15-7-9-16(10-8-15)27-20(22)23/h1-13,27,30H,14-18H2;4-10,12,20,24H,2-3,11H2,1H3. The lowest BCUT2D eigenvalue weighted by Crippen LogP contribution is -2.36. The molecule has 1 saturated heterocycles. The van der Waals surface area contributed by atoms with Gasteiger partial charge in [0.15, 0.2) is 0 Å². The topological polar surface area (TPSA) is 131 Å². The number of ether oxygens (including phenoxy) is 3. The highest BCUT2D eigenvalue weighted by Crippen LogP contribution is 2.38. The molecule has 2 aliphatic heterocycles. The Labute approximate surface area is 387 Å². The van der Waals surface area contributed by atoms with Crippen LogP contribution in [0.3, 0.4) is 0 Å². The van der Waals surface area contributed by atoms with Gasteiger partial charge in [-0.15, -0.1) is 0 Å². The third-order valence-corrected chi connectivity index (χ3v) is 13.5. The zero-order valence-electron chi connectivity index (χ0n) is 35.3. The summed E-state index contributed by atoms with van der Waals surface area (Å²) < 4.78 is 93.4. The maximum Gasteiger partial charge on any atom is 0.387 e. The molecule has 2 aliphatic rings. The van der Waals surface area contributed by atoms with E-state index in [4.69, 9.17) is 16.3 Å². The Kier molecular flexibility index (Phi) is 15.7. The number of carbonyl (C=O) groups excluding carboxylic acids is 1. The first-order chi connectivity index (χ1) is 31.8. The Morgan fingerprint density at radius 2 is 1.35 bits per heavy atom. The van der Waals surface area contributed by atoms with Crippen molar-refractivity contribution < 1.29 is 45.0 Å². The van der Waals surface area contributed by atoms with Crippen LogP contribution in [0.1, 0.15) is 30.9 Å². The van der Waals surface area contributed by atoms with Crippen LogP contribution in [-0.2, 0) is 32.6 Å². The molecule has 1 fully saturated rings. The molecule has 0 radical (unpaired) electrons. The summed E-state index contributed by atoms with van der Waals surface area (Å²) in [7, 11) is -4.22. The first kappa shape index (κ1) is 47.6. The van der Waals surface area contributed by atoms with Crippen molar-refractivity contribution in [3.8, 4) is 21.9 Å². The van der Waals surface area contributed by atoms with Gasteiger partial charge in [-0.3, -0.25) is 13.5 Å². The van der Waals surface area contributed by atoms with Gasteiger partial charge >= 0.3 is 13.2 Å². The minimum atomic E-state index is -4.22. The number of hydrogen-bond acceptors (Lipinski definition) is 11. The molecule has 1 aromatic heterocycles. The van der Waals surface area contributed by atoms with Gasteiger partial charge in [0.1, 0.15) is 27.8 Å². The van der Waals surface area contributed by atoms with Crippen molar-refractivity contribution in [1.29, 1.82) is 0 Å². The first-order valence-corrected chi connectivity index (χ1v) is 23.3. The van der Waals surface area contributed by atoms with Gasteiger partial charge in [0.25, 0.3) is 21.5 Å². The predicted molar refractivity (Wildman–Crippen MR) is 249 cm³/mol. The predicted octanol–water partition coefficient (Wildman–Crippen LogP) is 10.7. The van der Waals surface area contributed by atoms with E-state index in [0.717, 1.165) is 46.4 Å². The molecule has 0 saturated carbocycles. The molecule has 8 rings (SSSR count). The fourth-order valence-electron chi connectivity index (χ4n) is 7.05. The normalized spacial score (nSPS) is 14.6. The zero-order chi connectivity index (χ0) is 46.8. The van der Waals surface area contributed by atoms with Gasteiger partial charge in [-0.2, -0.15) is 17.6 Å². The van der Waals surface area contributed by atoms with Crippen LogP contribution in [0.2, 0.25) is 5.02 Å². The van der Waals surface area contributed by atoms with E-state index in [9.17, 15) is 35.6 Å². The smallest absolute Gasteiger partial charge is 0.387 e. The quantitative estimate of drug-likeness (QED) is 0.0904. The van der Waals surface area contributed by atoms with Crippen molar-refractivity contribution in [3.05, 3.63) is 160 Å². The third kappa shape index (κ3) is 11.7. The highest BCUT2D eigenvalue weighted by atomic mass is 35.5. The van der Waals surface area contributed by atoms with Gasteiger partial charge in [-0.25, -0.2) is 12.7 Å². The van der Waals surface area contributed by atoms with Crippen LogP contribution in [0.5, 0.6) is 11.5 Å². The molecule has 0 atom stereocenters. The first-order valence-electron chi connectivity index (χ1n) is 20.7. The van der Waals surface area contributed by atoms with E-state index in [1.807, 2.05) is 30.3 Å². The summed E-state index contributed by atoms with van der Waals surface area (Å²) in [6.45, 7) is -0.572. The monoisotopic (exact) mass is 965 g/mol. The SMILES string of the molecule is CCCCn1sc(-c2cccc(Cl)c2)c(Nc2ccc(OC(F)F)cc2)c1=O.O=C1C(Nc2ccc(N3CCOCC3)cc2)=C(c2ccccc2)S(=O)(=O)N1Cc1ccc(OC(F)F)cc1. The number of rotatable bonds is 16. The lowest BCUT2D eigenvalue weighted by Gasteiger charge is -2.29. The van der Waals surface area contributed by atoms with Crippen LogP contribution < -0.4 is 30.6 Å². The number of hydrogen-bond donors (Lipinski definition) is 2. The van der Waals surface area contributed by atoms with Gasteiger partial charge in [0.2, 0.25) is 0 Å². The number of aryl methyl sites for hydroxylation is 1. The van der Waals surface area contributed by atoms with E-state index in [0.29, 0.717) is 53.0 Å². The molecule has 3 heterocycles. The molecule has 6 aromatic rings. The van der Waals surface area contributed by atoms with E-state index < -0.39 is 29.2 Å². The molecule has 66 heavy (non-hydrogen) atoms. The lowest BCUT2D eigenvalue weighted by molar-refractivity contribution is -0.122. The minimum Gasteiger partial charge on any atom is -0.435 e. The highest BCUT2D eigenvalue weighted by molar-refractivity contribution is 7.99. The molecular weight excluding hydrogens is 922 g/mol. The average Bonchev–Trinajstić information content (AvgIpc) is 3.71. The van der Waals surface area contributed by atoms with Gasteiger partial charge in [-0.1, -0.05) is 91.1 Å². The minimum absolute atomic E-state index is 0.0568. The second kappa shape index (κ2) is 21.8. The van der Waals surface area contributed by atoms with E-state index in [2.05, 4.69) is 31.9 Å². The molecule has 2 N–H and O–H groups in total. The Bertz CT molecular complexity index is 2790. The summed E-state index contributed by atoms with van der Waals surface area (Å²) in [4.78, 5) is 29.3. The fourth-order valence-corrected chi connectivity index (χ4v) is 10.00. The Hall–Kier alpha value is -6.34. The number of nitrogens with one attached hydrogen (secondary N) is 2. The van der Waals surface area contributed by atoms with Crippen molar-refractivity contribution in [1.82, 2.24) is 8.26 Å². The molecule has 1 amide bonds. The molecular formula is C47H44ClF4N5O7S2. The molecule has 346 valence electrons. The molecule has 0 spiro atoms. The maximum absolute atomic E-state index is 13.6. The number of nitrogens with zero attached hydrogens (tertiary/aromatic N) is 3. The average molecular weight is 966 g/mol. The summed E-state index contributed by atoms with van der Waals surface area (Å²) in [5.74, 6) is -0.722. The lowest BCUT2D eigenvalue weighted by atomic mass is 10.1. The van der Waals surface area contributed by atoms with Gasteiger partial charge in [0, 0.05) is 41.7 Å². The number of halogens is 5.